The van der Waals surface area contributed by atoms with Crippen molar-refractivity contribution >= 4 is 26.0 Å². The molecule has 0 unspecified atom stereocenters. The first-order valence-corrected chi connectivity index (χ1v) is 8.45. The lowest BCUT2D eigenvalue weighted by Crippen LogP contribution is -2.43. The molecule has 1 fully saturated rings. The van der Waals surface area contributed by atoms with Crippen LogP contribution in [0.4, 0.5) is 0 Å². The topological polar surface area (TPSA) is 58.2 Å². The van der Waals surface area contributed by atoms with Gasteiger partial charge in [0.15, 0.2) is 0 Å². The van der Waals surface area contributed by atoms with Gasteiger partial charge >= 0.3 is 0 Å². The van der Waals surface area contributed by atoms with Gasteiger partial charge in [-0.25, -0.2) is 13.1 Å². The molecule has 2 N–H and O–H groups in total. The first kappa shape index (κ1) is 14.0. The van der Waals surface area contributed by atoms with E-state index in [1.54, 1.807) is 0 Å². The molecule has 18 heavy (non-hydrogen) atoms. The first-order valence-electron chi connectivity index (χ1n) is 6.00. The van der Waals surface area contributed by atoms with E-state index in [2.05, 4.69) is 26.0 Å². The summed E-state index contributed by atoms with van der Waals surface area (Å²) in [4.78, 5) is 0. The van der Waals surface area contributed by atoms with Crippen LogP contribution in [0.2, 0.25) is 0 Å². The van der Waals surface area contributed by atoms with E-state index in [0.29, 0.717) is 0 Å². The Balaban J connectivity index is 1.96. The van der Waals surface area contributed by atoms with Crippen LogP contribution in [0.5, 0.6) is 0 Å². The Bertz CT molecular complexity index is 481. The van der Waals surface area contributed by atoms with Crippen LogP contribution in [-0.4, -0.2) is 27.5 Å². The lowest BCUT2D eigenvalue weighted by Gasteiger charge is -2.23. The summed E-state index contributed by atoms with van der Waals surface area (Å²) in [6, 6.07) is 7.44. The van der Waals surface area contributed by atoms with Gasteiger partial charge < -0.3 is 5.32 Å². The number of sulfonamides is 1. The average molecular weight is 333 g/mol. The van der Waals surface area contributed by atoms with E-state index in [9.17, 15) is 8.42 Å². The van der Waals surface area contributed by atoms with E-state index in [0.717, 1.165) is 36.0 Å². The summed E-state index contributed by atoms with van der Waals surface area (Å²) in [5.74, 6) is 0.0458. The molecule has 6 heteroatoms. The monoisotopic (exact) mass is 332 g/mol. The summed E-state index contributed by atoms with van der Waals surface area (Å²) in [5.41, 5.74) is 0.805. The highest BCUT2D eigenvalue weighted by Crippen LogP contribution is 2.13. The zero-order chi connectivity index (χ0) is 13.0. The van der Waals surface area contributed by atoms with E-state index in [1.807, 2.05) is 24.3 Å². The fourth-order valence-electron chi connectivity index (χ4n) is 2.04. The van der Waals surface area contributed by atoms with E-state index in [1.165, 1.54) is 0 Å². The third-order valence-corrected chi connectivity index (χ3v) is 4.89. The molecule has 0 bridgehead atoms. The van der Waals surface area contributed by atoms with Gasteiger partial charge in [-0.3, -0.25) is 0 Å². The summed E-state index contributed by atoms with van der Waals surface area (Å²) in [6.45, 7) is 1.76. The smallest absolute Gasteiger partial charge is 0.216 e. The first-order chi connectivity index (χ1) is 8.55. The number of hydrogen-bond donors (Lipinski definition) is 2. The van der Waals surface area contributed by atoms with Crippen LogP contribution in [0, 0.1) is 0 Å². The molecule has 4 nitrogen and oxygen atoms in total. The molecule has 0 radical (unpaired) electrons. The molecule has 1 aliphatic rings. The normalized spacial score (nSPS) is 17.8. The second kappa shape index (κ2) is 6.14. The quantitative estimate of drug-likeness (QED) is 0.880. The number of benzene rings is 1. The van der Waals surface area contributed by atoms with Gasteiger partial charge in [0.05, 0.1) is 5.75 Å². The lowest BCUT2D eigenvalue weighted by molar-refractivity contribution is 0.427. The molecule has 0 aromatic heterocycles. The van der Waals surface area contributed by atoms with Gasteiger partial charge in [-0.15, -0.1) is 0 Å². The molecular weight excluding hydrogens is 316 g/mol. The van der Waals surface area contributed by atoms with Gasteiger partial charge in [0.1, 0.15) is 0 Å². The minimum atomic E-state index is -3.24. The Labute approximate surface area is 116 Å². The molecule has 0 atom stereocenters. The van der Waals surface area contributed by atoms with Crippen molar-refractivity contribution in [3.05, 3.63) is 34.3 Å². The number of nitrogens with one attached hydrogen (secondary N) is 2. The second-order valence-electron chi connectivity index (χ2n) is 4.53. The average Bonchev–Trinajstić information content (AvgIpc) is 2.32. The van der Waals surface area contributed by atoms with E-state index < -0.39 is 10.0 Å². The molecule has 1 saturated heterocycles. The fourth-order valence-corrected chi connectivity index (χ4v) is 3.76. The van der Waals surface area contributed by atoms with E-state index in [-0.39, 0.29) is 11.8 Å². The van der Waals surface area contributed by atoms with Gasteiger partial charge in [-0.2, -0.15) is 0 Å². The minimum Gasteiger partial charge on any atom is -0.317 e. The van der Waals surface area contributed by atoms with Crippen LogP contribution >= 0.6 is 15.9 Å². The second-order valence-corrected chi connectivity index (χ2v) is 7.20. The van der Waals surface area contributed by atoms with Gasteiger partial charge in [0.25, 0.3) is 0 Å². The Kier molecular flexibility index (Phi) is 4.77. The highest BCUT2D eigenvalue weighted by atomic mass is 79.9. The number of piperidine rings is 1. The number of hydrogen-bond acceptors (Lipinski definition) is 3. The standard InChI is InChI=1S/C12H17BrN2O2S/c13-11-3-1-10(2-4-11)9-18(16,17)15-12-5-7-14-8-6-12/h1-4,12,14-15H,5-9H2. The molecule has 100 valence electrons. The third-order valence-electron chi connectivity index (χ3n) is 2.96. The number of halogens is 1. The van der Waals surface area contributed by atoms with Crippen molar-refractivity contribution in [2.24, 2.45) is 0 Å². The molecule has 0 saturated carbocycles. The van der Waals surface area contributed by atoms with Crippen LogP contribution < -0.4 is 10.0 Å². The Hall–Kier alpha value is -0.430. The predicted molar refractivity (Wildman–Crippen MR) is 75.8 cm³/mol. The van der Waals surface area contributed by atoms with E-state index in [4.69, 9.17) is 0 Å². The maximum absolute atomic E-state index is 12.0. The Morgan fingerprint density at radius 2 is 1.83 bits per heavy atom. The van der Waals surface area contributed by atoms with Gasteiger partial charge in [-0.05, 0) is 43.6 Å². The van der Waals surface area contributed by atoms with Gasteiger partial charge in [0.2, 0.25) is 10.0 Å². The van der Waals surface area contributed by atoms with Crippen molar-refractivity contribution in [1.29, 1.82) is 0 Å². The molecule has 1 aromatic rings. The largest absolute Gasteiger partial charge is 0.317 e. The SMILES string of the molecule is O=S(=O)(Cc1ccc(Br)cc1)NC1CCNCC1. The fraction of sp³-hybridized carbons (Fsp3) is 0.500. The van der Waals surface area contributed by atoms with Crippen LogP contribution in [0.15, 0.2) is 28.7 Å². The summed E-state index contributed by atoms with van der Waals surface area (Å²) >= 11 is 3.33. The summed E-state index contributed by atoms with van der Waals surface area (Å²) in [5, 5.41) is 3.22. The highest BCUT2D eigenvalue weighted by molar-refractivity contribution is 9.10. The van der Waals surface area contributed by atoms with E-state index >= 15 is 0 Å². The molecule has 1 heterocycles. The third kappa shape index (κ3) is 4.35. The summed E-state index contributed by atoms with van der Waals surface area (Å²) < 4.78 is 27.8. The molecular formula is C12H17BrN2O2S. The molecule has 0 aliphatic carbocycles. The van der Waals surface area contributed by atoms with Crippen molar-refractivity contribution in [3.63, 3.8) is 0 Å². The van der Waals surface area contributed by atoms with Crippen LogP contribution in [0.3, 0.4) is 0 Å². The van der Waals surface area contributed by atoms with Crippen LogP contribution in [0.25, 0.3) is 0 Å². The van der Waals surface area contributed by atoms with Crippen molar-refractivity contribution in [2.45, 2.75) is 24.6 Å². The van der Waals surface area contributed by atoms with Crippen molar-refractivity contribution in [2.75, 3.05) is 13.1 Å². The van der Waals surface area contributed by atoms with Crippen LogP contribution in [-0.2, 0) is 15.8 Å². The van der Waals surface area contributed by atoms with Gasteiger partial charge in [-0.1, -0.05) is 28.1 Å². The molecule has 1 aromatic carbocycles. The van der Waals surface area contributed by atoms with Gasteiger partial charge in [0, 0.05) is 10.5 Å². The summed E-state index contributed by atoms with van der Waals surface area (Å²) in [6.07, 6.45) is 1.72. The maximum atomic E-state index is 12.0. The molecule has 0 spiro atoms. The molecule has 0 amide bonds. The molecule has 2 rings (SSSR count). The van der Waals surface area contributed by atoms with Crippen molar-refractivity contribution in [3.8, 4) is 0 Å². The zero-order valence-corrected chi connectivity index (χ0v) is 12.4. The lowest BCUT2D eigenvalue weighted by atomic mass is 10.1. The Morgan fingerprint density at radius 1 is 1.22 bits per heavy atom. The number of rotatable bonds is 4. The summed E-state index contributed by atoms with van der Waals surface area (Å²) in [7, 11) is -3.24. The highest BCUT2D eigenvalue weighted by Gasteiger charge is 2.20. The molecule has 1 aliphatic heterocycles. The van der Waals surface area contributed by atoms with Crippen LogP contribution in [0.1, 0.15) is 18.4 Å². The Morgan fingerprint density at radius 3 is 2.44 bits per heavy atom. The van der Waals surface area contributed by atoms with Crippen molar-refractivity contribution in [1.82, 2.24) is 10.0 Å². The zero-order valence-electron chi connectivity index (χ0n) is 10.0. The maximum Gasteiger partial charge on any atom is 0.216 e. The minimum absolute atomic E-state index is 0.0458. The predicted octanol–water partition coefficient (Wildman–Crippen LogP) is 1.62. The van der Waals surface area contributed by atoms with Crippen molar-refractivity contribution < 1.29 is 8.42 Å².